The fourth-order valence-electron chi connectivity index (χ4n) is 3.06. The van der Waals surface area contributed by atoms with Crippen LogP contribution in [0.4, 0.5) is 8.78 Å². The van der Waals surface area contributed by atoms with Gasteiger partial charge in [0.05, 0.1) is 0 Å². The minimum absolute atomic E-state index is 0.0214. The van der Waals surface area contributed by atoms with E-state index in [4.69, 9.17) is 0 Å². The molecular formula is C20H20F2IN2O4S-. The third-order valence-corrected chi connectivity index (χ3v) is 7.39. The molecule has 1 aromatic carbocycles. The molecular weight excluding hydrogens is 529 g/mol. The predicted octanol–water partition coefficient (Wildman–Crippen LogP) is -1.57. The van der Waals surface area contributed by atoms with E-state index in [1.165, 1.54) is 19.1 Å². The van der Waals surface area contributed by atoms with E-state index in [0.29, 0.717) is 16.8 Å². The van der Waals surface area contributed by atoms with Crippen LogP contribution >= 0.6 is 0 Å². The van der Waals surface area contributed by atoms with E-state index < -0.39 is 44.3 Å². The minimum atomic E-state index is -3.57. The molecule has 1 N–H and O–H groups in total. The number of halogens is 3. The van der Waals surface area contributed by atoms with Crippen molar-refractivity contribution in [3.8, 4) is 11.1 Å². The van der Waals surface area contributed by atoms with Gasteiger partial charge in [-0.05, 0) is 0 Å². The molecule has 0 radical (unpaired) electrons. The van der Waals surface area contributed by atoms with Crippen LogP contribution in [0.15, 0.2) is 39.1 Å². The maximum atomic E-state index is 12.5. The van der Waals surface area contributed by atoms with Gasteiger partial charge in [-0.15, -0.1) is 0 Å². The van der Waals surface area contributed by atoms with Gasteiger partial charge in [-0.3, -0.25) is 0 Å². The topological polar surface area (TPSA) is 77.4 Å². The van der Waals surface area contributed by atoms with Crippen LogP contribution in [-0.2, 0) is 33.0 Å². The normalized spacial score (nSPS) is 14.0. The van der Waals surface area contributed by atoms with Crippen LogP contribution < -0.4 is 37.1 Å². The quantitative estimate of drug-likeness (QED) is 0.443. The summed E-state index contributed by atoms with van der Waals surface area (Å²) in [5.74, 6) is -0.187. The molecule has 0 aliphatic carbocycles. The molecule has 2 aromatic rings. The van der Waals surface area contributed by atoms with Gasteiger partial charge in [-0.2, -0.15) is 0 Å². The van der Waals surface area contributed by atoms with Gasteiger partial charge < -0.3 is 0 Å². The van der Waals surface area contributed by atoms with E-state index in [0.717, 1.165) is 22.4 Å². The van der Waals surface area contributed by atoms with Gasteiger partial charge in [0.15, 0.2) is 0 Å². The first-order valence-electron chi connectivity index (χ1n) is 8.76. The van der Waals surface area contributed by atoms with E-state index in [1.54, 1.807) is 6.07 Å². The SMILES string of the molecule is CC(=O)NC1=C[I-]C=c2c(c(-c3cc(COC(F)F)cc(S(C)(=O)=O)c3)cn2C)=C1. The second-order valence-electron chi connectivity index (χ2n) is 6.79. The van der Waals surface area contributed by atoms with Crippen LogP contribution in [0, 0.1) is 0 Å². The van der Waals surface area contributed by atoms with Crippen molar-refractivity contribution < 1.29 is 47.9 Å². The van der Waals surface area contributed by atoms with E-state index in [-0.39, 0.29) is 10.8 Å². The number of hydrogen-bond acceptors (Lipinski definition) is 4. The molecule has 162 valence electrons. The Balaban J connectivity index is 2.22. The molecule has 6 nitrogen and oxygen atoms in total. The number of amides is 1. The zero-order chi connectivity index (χ0) is 22.1. The Morgan fingerprint density at radius 3 is 2.63 bits per heavy atom. The van der Waals surface area contributed by atoms with Crippen molar-refractivity contribution in [2.75, 3.05) is 6.26 Å². The Morgan fingerprint density at radius 2 is 2.00 bits per heavy atom. The summed E-state index contributed by atoms with van der Waals surface area (Å²) in [6.07, 6.45) is 4.77. The number of nitrogens with zero attached hydrogens (tertiary/aromatic N) is 1. The maximum absolute atomic E-state index is 12.5. The summed E-state index contributed by atoms with van der Waals surface area (Å²) in [6, 6.07) is 4.50. The number of fused-ring (bicyclic) bond motifs is 1. The van der Waals surface area contributed by atoms with E-state index in [2.05, 4.69) is 14.1 Å². The number of sulfone groups is 1. The standard InChI is InChI=1S/C20H20F2IN2O4S/c1-12(26)24-15-7-17-18(10-25(2)19(17)9-23-8-15)14-4-13(11-29-20(21)22)5-16(6-14)30(3,27)28/h4-10,20H,11H2,1-3H3,(H,24,26)/q-1. The van der Waals surface area contributed by atoms with E-state index in [9.17, 15) is 22.0 Å². The van der Waals surface area contributed by atoms with Crippen LogP contribution in [0.1, 0.15) is 12.5 Å². The molecule has 0 atom stereocenters. The molecule has 1 aromatic heterocycles. The van der Waals surface area contributed by atoms with Crippen molar-refractivity contribution in [1.82, 2.24) is 9.88 Å². The van der Waals surface area contributed by atoms with Crippen LogP contribution in [0.3, 0.4) is 0 Å². The van der Waals surface area contributed by atoms with Crippen molar-refractivity contribution in [1.29, 1.82) is 0 Å². The summed E-state index contributed by atoms with van der Waals surface area (Å²) in [7, 11) is -1.70. The van der Waals surface area contributed by atoms with Crippen molar-refractivity contribution in [2.24, 2.45) is 7.05 Å². The van der Waals surface area contributed by atoms with Crippen LogP contribution in [0.5, 0.6) is 0 Å². The summed E-state index contributed by atoms with van der Waals surface area (Å²) in [5.41, 5.74) is 2.30. The molecule has 0 saturated heterocycles. The van der Waals surface area contributed by atoms with Crippen LogP contribution in [0.25, 0.3) is 21.3 Å². The van der Waals surface area contributed by atoms with Gasteiger partial charge in [0, 0.05) is 0 Å². The van der Waals surface area contributed by atoms with Gasteiger partial charge in [0.1, 0.15) is 0 Å². The Morgan fingerprint density at radius 1 is 1.27 bits per heavy atom. The molecule has 1 amide bonds. The summed E-state index contributed by atoms with van der Waals surface area (Å²) in [4.78, 5) is 11.5. The number of benzene rings is 1. The average molecular weight is 549 g/mol. The second-order valence-corrected chi connectivity index (χ2v) is 10.8. The molecule has 0 bridgehead atoms. The summed E-state index contributed by atoms with van der Waals surface area (Å²) < 4.78 is 59.8. The number of nitrogens with one attached hydrogen (secondary N) is 1. The molecule has 0 saturated carbocycles. The fourth-order valence-corrected chi connectivity index (χ4v) is 5.79. The third-order valence-electron chi connectivity index (χ3n) is 4.32. The van der Waals surface area contributed by atoms with Crippen molar-refractivity contribution >= 4 is 25.9 Å². The molecule has 0 fully saturated rings. The van der Waals surface area contributed by atoms with E-state index >= 15 is 0 Å². The number of aryl methyl sites for hydroxylation is 1. The molecule has 3 rings (SSSR count). The van der Waals surface area contributed by atoms with Gasteiger partial charge in [-0.25, -0.2) is 0 Å². The molecule has 0 spiro atoms. The molecule has 1 aliphatic heterocycles. The van der Waals surface area contributed by atoms with Crippen LogP contribution in [0.2, 0.25) is 0 Å². The third kappa shape index (κ3) is 5.35. The van der Waals surface area contributed by atoms with Gasteiger partial charge in [0.25, 0.3) is 0 Å². The monoisotopic (exact) mass is 549 g/mol. The van der Waals surface area contributed by atoms with Crippen molar-refractivity contribution in [3.05, 3.63) is 50.3 Å². The zero-order valence-electron chi connectivity index (χ0n) is 16.4. The van der Waals surface area contributed by atoms with E-state index in [1.807, 2.05) is 28.0 Å². The number of ether oxygens (including phenoxy) is 1. The zero-order valence-corrected chi connectivity index (χ0v) is 19.4. The van der Waals surface area contributed by atoms with Crippen molar-refractivity contribution in [3.63, 3.8) is 0 Å². The number of allylic oxidation sites excluding steroid dienone is 1. The van der Waals surface area contributed by atoms with Gasteiger partial charge in [-0.1, -0.05) is 0 Å². The van der Waals surface area contributed by atoms with Gasteiger partial charge >= 0.3 is 183 Å². The first-order valence-corrected chi connectivity index (χ1v) is 13.1. The van der Waals surface area contributed by atoms with Gasteiger partial charge in [0.2, 0.25) is 0 Å². The fraction of sp³-hybridized carbons (Fsp3) is 0.250. The first-order chi connectivity index (χ1) is 14.0. The molecule has 10 heteroatoms. The molecule has 2 heterocycles. The average Bonchev–Trinajstić information content (AvgIpc) is 2.81. The van der Waals surface area contributed by atoms with Crippen molar-refractivity contribution in [2.45, 2.75) is 25.0 Å². The number of carbonyl (C=O) groups is 1. The number of alkyl halides is 2. The Hall–Kier alpha value is -2.05. The Labute approximate surface area is 183 Å². The Kier molecular flexibility index (Phi) is 6.78. The second kappa shape index (κ2) is 8.98. The molecule has 30 heavy (non-hydrogen) atoms. The molecule has 1 aliphatic rings. The summed E-state index contributed by atoms with van der Waals surface area (Å²) in [5, 5.41) is 4.57. The van der Waals surface area contributed by atoms with Crippen LogP contribution in [-0.4, -0.2) is 31.8 Å². The number of aromatic nitrogens is 1. The number of carbonyl (C=O) groups excluding carboxylic acids is 1. The number of hydrogen-bond donors (Lipinski definition) is 1. The predicted molar refractivity (Wildman–Crippen MR) is 105 cm³/mol. The Bertz CT molecular complexity index is 1250. The number of rotatable bonds is 6. The molecule has 0 unspecified atom stereocenters. The summed E-state index contributed by atoms with van der Waals surface area (Å²) >= 11 is -0.446. The first kappa shape index (κ1) is 22.6. The summed E-state index contributed by atoms with van der Waals surface area (Å²) in [6.45, 7) is -1.94.